The maximum atomic E-state index is 4.62. The zero-order chi connectivity index (χ0) is 23.9. The van der Waals surface area contributed by atoms with Gasteiger partial charge in [-0.1, -0.05) is 85.0 Å². The van der Waals surface area contributed by atoms with Crippen LogP contribution in [0.4, 0.5) is 11.4 Å². The van der Waals surface area contributed by atoms with Crippen LogP contribution in [0, 0.1) is 0 Å². The van der Waals surface area contributed by atoms with Crippen molar-refractivity contribution in [3.05, 3.63) is 137 Å². The minimum atomic E-state index is 0.998. The number of rotatable bonds is 7. The molecule has 1 aliphatic rings. The lowest BCUT2D eigenvalue weighted by atomic mass is 10.1. The van der Waals surface area contributed by atoms with Gasteiger partial charge in [0.25, 0.3) is 0 Å². The Morgan fingerprint density at radius 2 is 1.40 bits per heavy atom. The normalized spacial score (nSPS) is 13.7. The zero-order valence-corrected chi connectivity index (χ0v) is 21.1. The molecule has 0 spiro atoms. The number of benzene rings is 3. The summed E-state index contributed by atoms with van der Waals surface area (Å²) in [6.07, 6.45) is 15.0. The van der Waals surface area contributed by atoms with E-state index in [2.05, 4.69) is 145 Å². The smallest absolute Gasteiger partial charge is 0.0384 e. The number of allylic oxidation sites excluding steroid dienone is 6. The lowest BCUT2D eigenvalue weighted by Crippen LogP contribution is -1.89. The quantitative estimate of drug-likeness (QED) is 0.194. The molecule has 3 aromatic carbocycles. The van der Waals surface area contributed by atoms with Crippen molar-refractivity contribution in [1.82, 2.24) is 0 Å². The van der Waals surface area contributed by atoms with E-state index in [0.717, 1.165) is 34.7 Å². The summed E-state index contributed by atoms with van der Waals surface area (Å²) in [7, 11) is 0. The maximum Gasteiger partial charge on any atom is 0.0384 e. The van der Waals surface area contributed by atoms with Gasteiger partial charge < -0.3 is 5.32 Å². The van der Waals surface area contributed by atoms with E-state index in [0.29, 0.717) is 0 Å². The molecule has 1 aliphatic carbocycles. The second-order valence-electron chi connectivity index (χ2n) is 8.40. The van der Waals surface area contributed by atoms with Gasteiger partial charge in [-0.2, -0.15) is 0 Å². The summed E-state index contributed by atoms with van der Waals surface area (Å²) in [6.45, 7) is 0. The maximum absolute atomic E-state index is 4.62. The van der Waals surface area contributed by atoms with E-state index in [1.165, 1.54) is 26.5 Å². The van der Waals surface area contributed by atoms with E-state index in [1.54, 1.807) is 0 Å². The van der Waals surface area contributed by atoms with E-state index >= 15 is 0 Å². The van der Waals surface area contributed by atoms with Crippen LogP contribution in [0.15, 0.2) is 132 Å². The highest BCUT2D eigenvalue weighted by Gasteiger charge is 2.05. The van der Waals surface area contributed by atoms with Crippen LogP contribution in [0.5, 0.6) is 0 Å². The SMILES string of the molecule is S/C(=C\C=C\c1ccc(Nc2ccc(-c3ccc(-c4ccccc4)s3)cc2)cc1)C1=CCCC=C1. The fraction of sp³-hybridized carbons (Fsp3) is 0.0625. The predicted octanol–water partition coefficient (Wildman–Crippen LogP) is 9.93. The molecule has 35 heavy (non-hydrogen) atoms. The van der Waals surface area contributed by atoms with Gasteiger partial charge in [0.15, 0.2) is 0 Å². The Bertz CT molecular complexity index is 1390. The Morgan fingerprint density at radius 3 is 2.06 bits per heavy atom. The Balaban J connectivity index is 1.20. The number of hydrogen-bond acceptors (Lipinski definition) is 3. The zero-order valence-electron chi connectivity index (χ0n) is 19.4. The molecule has 172 valence electrons. The molecule has 0 saturated carbocycles. The highest BCUT2D eigenvalue weighted by molar-refractivity contribution is 7.84. The van der Waals surface area contributed by atoms with Crippen molar-refractivity contribution in [2.45, 2.75) is 12.8 Å². The summed E-state index contributed by atoms with van der Waals surface area (Å²) in [6, 6.07) is 32.0. The second-order valence-corrected chi connectivity index (χ2v) is 9.97. The first kappa shape index (κ1) is 23.2. The van der Waals surface area contributed by atoms with Crippen molar-refractivity contribution in [3.8, 4) is 20.9 Å². The van der Waals surface area contributed by atoms with Crippen molar-refractivity contribution >= 4 is 41.4 Å². The van der Waals surface area contributed by atoms with E-state index in [9.17, 15) is 0 Å². The molecule has 0 radical (unpaired) electrons. The lowest BCUT2D eigenvalue weighted by Gasteiger charge is -2.08. The first-order valence-electron chi connectivity index (χ1n) is 11.8. The van der Waals surface area contributed by atoms with Gasteiger partial charge in [0.2, 0.25) is 0 Å². The summed E-state index contributed by atoms with van der Waals surface area (Å²) >= 11 is 6.45. The van der Waals surface area contributed by atoms with Gasteiger partial charge in [0.1, 0.15) is 0 Å². The van der Waals surface area contributed by atoms with E-state index in [4.69, 9.17) is 0 Å². The van der Waals surface area contributed by atoms with Gasteiger partial charge in [-0.25, -0.2) is 0 Å². The molecule has 0 amide bonds. The van der Waals surface area contributed by atoms with E-state index in [-0.39, 0.29) is 0 Å². The van der Waals surface area contributed by atoms with Crippen LogP contribution < -0.4 is 5.32 Å². The number of thiol groups is 1. The minimum Gasteiger partial charge on any atom is -0.356 e. The standard InChI is InChI=1S/C32H27NS2/c34-30(25-9-3-1-4-10-25)13-7-8-24-14-18-28(19-15-24)33-29-20-16-27(17-21-29)32-23-22-31(35-32)26-11-5-2-6-12-26/h2-3,5-23,33-34H,1,4H2/b8-7+,30-13-. The molecule has 5 rings (SSSR count). The first-order valence-corrected chi connectivity index (χ1v) is 13.1. The van der Waals surface area contributed by atoms with Gasteiger partial charge in [0.05, 0.1) is 0 Å². The topological polar surface area (TPSA) is 12.0 Å². The number of nitrogens with one attached hydrogen (secondary N) is 1. The van der Waals surface area contributed by atoms with Gasteiger partial charge in [-0.05, 0) is 77.6 Å². The largest absolute Gasteiger partial charge is 0.356 e. The van der Waals surface area contributed by atoms with Gasteiger partial charge >= 0.3 is 0 Å². The molecule has 1 heterocycles. The third-order valence-electron chi connectivity index (χ3n) is 5.87. The molecule has 1 aromatic heterocycles. The lowest BCUT2D eigenvalue weighted by molar-refractivity contribution is 1.02. The molecular weight excluding hydrogens is 462 g/mol. The molecule has 3 heteroatoms. The van der Waals surface area contributed by atoms with Crippen LogP contribution >= 0.6 is 24.0 Å². The Kier molecular flexibility index (Phi) is 7.47. The Morgan fingerprint density at radius 1 is 0.743 bits per heavy atom. The highest BCUT2D eigenvalue weighted by atomic mass is 32.1. The summed E-state index contributed by atoms with van der Waals surface area (Å²) in [5, 5.41) is 3.50. The average molecular weight is 490 g/mol. The third kappa shape index (κ3) is 6.13. The van der Waals surface area contributed by atoms with Crippen LogP contribution in [-0.2, 0) is 0 Å². The van der Waals surface area contributed by atoms with Gasteiger partial charge in [-0.15, -0.1) is 24.0 Å². The minimum absolute atomic E-state index is 0.998. The Hall–Kier alpha value is -3.53. The van der Waals surface area contributed by atoms with Crippen LogP contribution in [0.1, 0.15) is 18.4 Å². The van der Waals surface area contributed by atoms with Crippen molar-refractivity contribution in [2.75, 3.05) is 5.32 Å². The predicted molar refractivity (Wildman–Crippen MR) is 157 cm³/mol. The van der Waals surface area contributed by atoms with Crippen molar-refractivity contribution < 1.29 is 0 Å². The van der Waals surface area contributed by atoms with Crippen molar-refractivity contribution in [2.24, 2.45) is 0 Å². The Labute approximate surface area is 217 Å². The summed E-state index contributed by atoms with van der Waals surface area (Å²) in [5.41, 5.74) is 7.00. The molecule has 4 aromatic rings. The van der Waals surface area contributed by atoms with Crippen LogP contribution in [0.2, 0.25) is 0 Å². The van der Waals surface area contributed by atoms with E-state index in [1.807, 2.05) is 11.3 Å². The van der Waals surface area contributed by atoms with Crippen LogP contribution in [-0.4, -0.2) is 0 Å². The number of hydrogen-bond donors (Lipinski definition) is 2. The fourth-order valence-electron chi connectivity index (χ4n) is 3.96. The van der Waals surface area contributed by atoms with Gasteiger partial charge in [-0.3, -0.25) is 0 Å². The molecule has 1 N–H and O–H groups in total. The summed E-state index contributed by atoms with van der Waals surface area (Å²) in [5.74, 6) is 0. The molecule has 0 bridgehead atoms. The second kappa shape index (κ2) is 11.3. The fourth-order valence-corrected chi connectivity index (χ4v) is 5.23. The molecule has 0 atom stereocenters. The molecule has 1 nitrogen and oxygen atoms in total. The number of anilines is 2. The summed E-state index contributed by atoms with van der Waals surface area (Å²) in [4.78, 5) is 3.57. The third-order valence-corrected chi connectivity index (χ3v) is 7.46. The van der Waals surface area contributed by atoms with Gasteiger partial charge in [0, 0.05) is 26.0 Å². The summed E-state index contributed by atoms with van der Waals surface area (Å²) < 4.78 is 0. The number of thiophene rings is 1. The molecule has 0 aliphatic heterocycles. The molecule has 0 unspecified atom stereocenters. The molecule has 0 saturated heterocycles. The van der Waals surface area contributed by atoms with Crippen molar-refractivity contribution in [1.29, 1.82) is 0 Å². The van der Waals surface area contributed by atoms with Crippen LogP contribution in [0.3, 0.4) is 0 Å². The monoisotopic (exact) mass is 489 g/mol. The highest BCUT2D eigenvalue weighted by Crippen LogP contribution is 2.35. The van der Waals surface area contributed by atoms with Crippen molar-refractivity contribution in [3.63, 3.8) is 0 Å². The molecule has 0 fully saturated rings. The average Bonchev–Trinajstić information content (AvgIpc) is 3.42. The molecular formula is C32H27NS2. The van der Waals surface area contributed by atoms with Crippen LogP contribution in [0.25, 0.3) is 27.0 Å². The van der Waals surface area contributed by atoms with E-state index < -0.39 is 0 Å². The first-order chi connectivity index (χ1) is 17.2.